The number of carbonyl (C=O) groups is 1. The van der Waals surface area contributed by atoms with Crippen molar-refractivity contribution in [2.45, 2.75) is 65.3 Å². The van der Waals surface area contributed by atoms with Gasteiger partial charge in [-0.05, 0) is 63.3 Å². The zero-order valence-electron chi connectivity index (χ0n) is 15.5. The quantitative estimate of drug-likeness (QED) is 0.768. The van der Waals surface area contributed by atoms with E-state index in [-0.39, 0.29) is 11.9 Å². The lowest BCUT2D eigenvalue weighted by molar-refractivity contribution is -0.912. The summed E-state index contributed by atoms with van der Waals surface area (Å²) in [5.74, 6) is 1.12. The molecule has 0 bridgehead atoms. The minimum absolute atomic E-state index is 0.0370. The van der Waals surface area contributed by atoms with Gasteiger partial charge in [-0.1, -0.05) is 13.3 Å². The van der Waals surface area contributed by atoms with Crippen molar-refractivity contribution in [3.05, 3.63) is 23.8 Å². The monoisotopic (exact) mass is 333 g/mol. The molecule has 134 valence electrons. The van der Waals surface area contributed by atoms with Crippen LogP contribution in [-0.4, -0.2) is 31.6 Å². The van der Waals surface area contributed by atoms with E-state index in [0.717, 1.165) is 69.7 Å². The predicted octanol–water partition coefficient (Wildman–Crippen LogP) is 2.82. The molecule has 4 heteroatoms. The molecule has 0 saturated heterocycles. The molecule has 1 amide bonds. The highest BCUT2D eigenvalue weighted by molar-refractivity contribution is 5.94. The Hall–Kier alpha value is -1.55. The van der Waals surface area contributed by atoms with Crippen LogP contribution in [0.25, 0.3) is 0 Å². The maximum atomic E-state index is 12.9. The van der Waals surface area contributed by atoms with Crippen LogP contribution in [0.2, 0.25) is 0 Å². The van der Waals surface area contributed by atoms with Crippen molar-refractivity contribution in [2.75, 3.05) is 25.0 Å². The lowest BCUT2D eigenvalue weighted by Crippen LogP contribution is -3.16. The molecule has 4 nitrogen and oxygen atoms in total. The number of benzene rings is 1. The summed E-state index contributed by atoms with van der Waals surface area (Å²) in [5, 5.41) is 3.16. The molecule has 1 atom stereocenters. The van der Waals surface area contributed by atoms with Gasteiger partial charge in [-0.2, -0.15) is 0 Å². The number of ether oxygens (including phenoxy) is 1. The molecule has 2 N–H and O–H groups in total. The second-order valence-electron chi connectivity index (χ2n) is 6.68. The summed E-state index contributed by atoms with van der Waals surface area (Å²) in [6, 6.07) is 6.10. The van der Waals surface area contributed by atoms with E-state index in [1.165, 1.54) is 10.5 Å². The van der Waals surface area contributed by atoms with Gasteiger partial charge >= 0.3 is 0 Å². The van der Waals surface area contributed by atoms with Gasteiger partial charge in [0, 0.05) is 12.1 Å². The van der Waals surface area contributed by atoms with E-state index in [1.54, 1.807) is 0 Å². The normalized spacial score (nSPS) is 15.3. The van der Waals surface area contributed by atoms with E-state index in [0.29, 0.717) is 0 Å². The zero-order valence-corrected chi connectivity index (χ0v) is 15.5. The molecule has 0 radical (unpaired) electrons. The Balaban J connectivity index is 2.09. The summed E-state index contributed by atoms with van der Waals surface area (Å²) in [6.45, 7) is 9.25. The number of nitrogens with one attached hydrogen (secondary N) is 2. The van der Waals surface area contributed by atoms with Gasteiger partial charge in [0.15, 0.2) is 6.04 Å². The number of rotatable bonds is 8. The van der Waals surface area contributed by atoms with E-state index in [4.69, 9.17) is 4.74 Å². The zero-order chi connectivity index (χ0) is 17.4. The van der Waals surface area contributed by atoms with Gasteiger partial charge in [-0.3, -0.25) is 4.79 Å². The van der Waals surface area contributed by atoms with Crippen molar-refractivity contribution < 1.29 is 14.4 Å². The third-order valence-electron chi connectivity index (χ3n) is 4.99. The Morgan fingerprint density at radius 3 is 2.75 bits per heavy atom. The minimum atomic E-state index is 0.0370. The number of anilines is 1. The van der Waals surface area contributed by atoms with Crippen LogP contribution in [0.15, 0.2) is 18.2 Å². The largest absolute Gasteiger partial charge is 0.493 e. The Kier molecular flexibility index (Phi) is 7.57. The fraction of sp³-hybridized carbons (Fsp3) is 0.650. The third-order valence-corrected chi connectivity index (χ3v) is 4.99. The summed E-state index contributed by atoms with van der Waals surface area (Å²) >= 11 is 0. The topological polar surface area (TPSA) is 42.8 Å². The number of unbranched alkanes of at least 4 members (excludes halogenated alkanes) is 1. The van der Waals surface area contributed by atoms with Crippen molar-refractivity contribution in [1.82, 2.24) is 0 Å². The van der Waals surface area contributed by atoms with E-state index >= 15 is 0 Å². The molecule has 0 fully saturated rings. The maximum Gasteiger partial charge on any atom is 0.282 e. The first-order valence-corrected chi connectivity index (χ1v) is 9.60. The minimum Gasteiger partial charge on any atom is -0.493 e. The number of hydrogen-bond donors (Lipinski definition) is 2. The van der Waals surface area contributed by atoms with Crippen LogP contribution in [0.3, 0.4) is 0 Å². The molecule has 0 aromatic heterocycles. The Labute approximate surface area is 146 Å². The van der Waals surface area contributed by atoms with Gasteiger partial charge in [0.05, 0.1) is 19.7 Å². The van der Waals surface area contributed by atoms with Gasteiger partial charge in [-0.25, -0.2) is 0 Å². The van der Waals surface area contributed by atoms with Crippen molar-refractivity contribution in [1.29, 1.82) is 0 Å². The van der Waals surface area contributed by atoms with Gasteiger partial charge in [0.25, 0.3) is 5.91 Å². The lowest BCUT2D eigenvalue weighted by atomic mass is 10.1. The van der Waals surface area contributed by atoms with Crippen LogP contribution in [0.1, 0.15) is 58.4 Å². The summed E-state index contributed by atoms with van der Waals surface area (Å²) in [4.78, 5) is 14.2. The molecule has 0 saturated carbocycles. The number of likely N-dealkylation sites (N-methyl/N-ethyl adjacent to an activating group) is 1. The van der Waals surface area contributed by atoms with Crippen LogP contribution in [0.5, 0.6) is 5.75 Å². The van der Waals surface area contributed by atoms with E-state index in [1.807, 2.05) is 12.1 Å². The fourth-order valence-electron chi connectivity index (χ4n) is 3.49. The Bertz CT molecular complexity index is 526. The van der Waals surface area contributed by atoms with Crippen LogP contribution in [0, 0.1) is 0 Å². The molecule has 0 spiro atoms. The number of aryl methyl sites for hydroxylation is 1. The molecule has 1 aromatic rings. The average molecular weight is 333 g/mol. The fourth-order valence-corrected chi connectivity index (χ4v) is 3.49. The molecule has 2 rings (SSSR count). The third kappa shape index (κ3) is 4.97. The van der Waals surface area contributed by atoms with E-state index in [2.05, 4.69) is 32.2 Å². The van der Waals surface area contributed by atoms with Gasteiger partial charge < -0.3 is 15.0 Å². The highest BCUT2D eigenvalue weighted by atomic mass is 16.5. The Morgan fingerprint density at radius 1 is 1.25 bits per heavy atom. The lowest BCUT2D eigenvalue weighted by Gasteiger charge is -2.26. The number of amides is 1. The van der Waals surface area contributed by atoms with Crippen molar-refractivity contribution in [3.63, 3.8) is 0 Å². The van der Waals surface area contributed by atoms with Gasteiger partial charge in [0.2, 0.25) is 0 Å². The predicted molar refractivity (Wildman–Crippen MR) is 98.9 cm³/mol. The molecule has 1 aliphatic rings. The summed E-state index contributed by atoms with van der Waals surface area (Å²) in [5.41, 5.74) is 2.11. The van der Waals surface area contributed by atoms with Gasteiger partial charge in [0.1, 0.15) is 5.75 Å². The van der Waals surface area contributed by atoms with Crippen LogP contribution >= 0.6 is 0 Å². The number of quaternary nitrogens is 1. The van der Waals surface area contributed by atoms with E-state index < -0.39 is 0 Å². The average Bonchev–Trinajstić information content (AvgIpc) is 2.83. The highest BCUT2D eigenvalue weighted by Crippen LogP contribution is 2.27. The van der Waals surface area contributed by atoms with Crippen molar-refractivity contribution >= 4 is 11.6 Å². The van der Waals surface area contributed by atoms with Gasteiger partial charge in [-0.15, -0.1) is 0 Å². The second-order valence-corrected chi connectivity index (χ2v) is 6.68. The molecule has 0 unspecified atom stereocenters. The van der Waals surface area contributed by atoms with Crippen LogP contribution in [0.4, 0.5) is 5.69 Å². The standard InChI is InChI=1S/C20H32N2O2/c1-4-7-11-18(22(5-2)6-3)20(23)21-17-12-13-19-16(15-17)10-8-9-14-24-19/h12-13,15,18H,4-11,14H2,1-3H3,(H,21,23)/p+1/t18-/m1/s1. The number of fused-ring (bicyclic) bond motifs is 1. The number of carbonyl (C=O) groups excluding carboxylic acids is 1. The molecule has 24 heavy (non-hydrogen) atoms. The van der Waals surface area contributed by atoms with E-state index in [9.17, 15) is 4.79 Å². The maximum absolute atomic E-state index is 12.9. The SMILES string of the molecule is CCCC[C@H](C(=O)Nc1ccc2c(c1)CCCCO2)[NH+](CC)CC. The first-order valence-electron chi connectivity index (χ1n) is 9.60. The Morgan fingerprint density at radius 2 is 2.04 bits per heavy atom. The summed E-state index contributed by atoms with van der Waals surface area (Å²) in [7, 11) is 0. The van der Waals surface area contributed by atoms with Crippen LogP contribution < -0.4 is 15.0 Å². The van der Waals surface area contributed by atoms with Crippen molar-refractivity contribution in [3.8, 4) is 5.75 Å². The second kappa shape index (κ2) is 9.67. The molecular weight excluding hydrogens is 300 g/mol. The summed E-state index contributed by atoms with van der Waals surface area (Å²) < 4.78 is 5.77. The molecule has 0 aliphatic carbocycles. The first kappa shape index (κ1) is 18.8. The molecular formula is C20H33N2O2+. The highest BCUT2D eigenvalue weighted by Gasteiger charge is 2.27. The molecule has 1 heterocycles. The first-order chi connectivity index (χ1) is 11.7. The summed E-state index contributed by atoms with van der Waals surface area (Å²) in [6.07, 6.45) is 6.45. The smallest absolute Gasteiger partial charge is 0.282 e. The van der Waals surface area contributed by atoms with Crippen LogP contribution in [-0.2, 0) is 11.2 Å². The molecule has 1 aliphatic heterocycles. The number of hydrogen-bond acceptors (Lipinski definition) is 2. The van der Waals surface area contributed by atoms with Crippen molar-refractivity contribution in [2.24, 2.45) is 0 Å². The molecule has 1 aromatic carbocycles.